The maximum atomic E-state index is 13.2. The molecule has 0 aromatic heterocycles. The van der Waals surface area contributed by atoms with Crippen molar-refractivity contribution < 1.29 is 9.59 Å². The van der Waals surface area contributed by atoms with Crippen molar-refractivity contribution in [1.82, 2.24) is 14.7 Å². The van der Waals surface area contributed by atoms with Gasteiger partial charge in [-0.2, -0.15) is 0 Å². The molecule has 6 nitrogen and oxygen atoms in total. The van der Waals surface area contributed by atoms with E-state index in [1.807, 2.05) is 21.9 Å². The van der Waals surface area contributed by atoms with Gasteiger partial charge in [-0.1, -0.05) is 25.3 Å². The van der Waals surface area contributed by atoms with E-state index in [2.05, 4.69) is 11.0 Å². The van der Waals surface area contributed by atoms with Crippen LogP contribution in [0, 0.1) is 0 Å². The predicted molar refractivity (Wildman–Crippen MR) is 130 cm³/mol. The van der Waals surface area contributed by atoms with Gasteiger partial charge in [-0.05, 0) is 66.8 Å². The van der Waals surface area contributed by atoms with Crippen molar-refractivity contribution in [2.75, 3.05) is 38.5 Å². The minimum Gasteiger partial charge on any atom is -0.399 e. The van der Waals surface area contributed by atoms with Crippen LogP contribution in [-0.4, -0.2) is 65.3 Å². The fourth-order valence-corrected chi connectivity index (χ4v) is 5.59. The average molecular weight is 447 g/mol. The Morgan fingerprint density at radius 2 is 1.39 bits per heavy atom. The molecule has 1 saturated carbocycles. The monoisotopic (exact) mass is 446 g/mol. The lowest BCUT2D eigenvalue weighted by Crippen LogP contribution is -2.52. The molecule has 0 radical (unpaired) electrons. The third kappa shape index (κ3) is 4.76. The molecule has 3 aliphatic rings. The van der Waals surface area contributed by atoms with Crippen molar-refractivity contribution in [3.63, 3.8) is 0 Å². The Balaban J connectivity index is 1.20. The van der Waals surface area contributed by atoms with Crippen LogP contribution < -0.4 is 5.73 Å². The van der Waals surface area contributed by atoms with E-state index >= 15 is 0 Å². The van der Waals surface area contributed by atoms with Crippen LogP contribution in [0.3, 0.4) is 0 Å². The largest absolute Gasteiger partial charge is 0.399 e. The fraction of sp³-hybridized carbons (Fsp3) is 0.481. The number of benzene rings is 2. The van der Waals surface area contributed by atoms with Crippen LogP contribution in [-0.2, 0) is 13.0 Å². The van der Waals surface area contributed by atoms with Crippen molar-refractivity contribution >= 4 is 17.5 Å². The Hall–Kier alpha value is -2.86. The number of nitrogens with zero attached hydrogens (tertiary/aromatic N) is 3. The number of nitrogens with two attached hydrogens (primary N) is 1. The van der Waals surface area contributed by atoms with Gasteiger partial charge in [0.1, 0.15) is 0 Å². The topological polar surface area (TPSA) is 69.9 Å². The van der Waals surface area contributed by atoms with Gasteiger partial charge >= 0.3 is 0 Å². The molecule has 0 bridgehead atoms. The average Bonchev–Trinajstić information content (AvgIpc) is 2.88. The van der Waals surface area contributed by atoms with Crippen molar-refractivity contribution in [3.8, 4) is 0 Å². The van der Waals surface area contributed by atoms with Gasteiger partial charge in [-0.25, -0.2) is 0 Å². The van der Waals surface area contributed by atoms with Gasteiger partial charge in [0.15, 0.2) is 0 Å². The van der Waals surface area contributed by atoms with E-state index in [4.69, 9.17) is 5.73 Å². The molecular weight excluding hydrogens is 412 g/mol. The Kier molecular flexibility index (Phi) is 6.36. The number of anilines is 1. The van der Waals surface area contributed by atoms with Gasteiger partial charge in [0.2, 0.25) is 0 Å². The third-order valence-electron chi connectivity index (χ3n) is 7.60. The fourth-order valence-electron chi connectivity index (χ4n) is 5.59. The quantitative estimate of drug-likeness (QED) is 0.732. The molecule has 2 aromatic carbocycles. The maximum Gasteiger partial charge on any atom is 0.254 e. The highest BCUT2D eigenvalue weighted by Crippen LogP contribution is 2.25. The Morgan fingerprint density at radius 3 is 2.12 bits per heavy atom. The summed E-state index contributed by atoms with van der Waals surface area (Å²) in [5.74, 6) is 0.165. The van der Waals surface area contributed by atoms with E-state index in [0.29, 0.717) is 24.3 Å². The smallest absolute Gasteiger partial charge is 0.254 e. The number of hydrogen-bond acceptors (Lipinski definition) is 4. The molecule has 2 heterocycles. The number of amides is 2. The molecule has 2 aliphatic heterocycles. The summed E-state index contributed by atoms with van der Waals surface area (Å²) < 4.78 is 0. The first-order valence-corrected chi connectivity index (χ1v) is 12.4. The molecule has 174 valence electrons. The van der Waals surface area contributed by atoms with E-state index in [1.165, 1.54) is 37.7 Å². The highest BCUT2D eigenvalue weighted by Gasteiger charge is 2.28. The van der Waals surface area contributed by atoms with Gasteiger partial charge in [0.05, 0.1) is 0 Å². The second kappa shape index (κ2) is 9.56. The molecule has 0 atom stereocenters. The van der Waals surface area contributed by atoms with E-state index in [9.17, 15) is 9.59 Å². The van der Waals surface area contributed by atoms with Crippen LogP contribution in [0.15, 0.2) is 42.5 Å². The summed E-state index contributed by atoms with van der Waals surface area (Å²) in [5.41, 5.74) is 10.1. The number of fused-ring (bicyclic) bond motifs is 1. The normalized spacial score (nSPS) is 19.9. The minimum atomic E-state index is 0.0247. The summed E-state index contributed by atoms with van der Waals surface area (Å²) >= 11 is 0. The minimum absolute atomic E-state index is 0.0247. The summed E-state index contributed by atoms with van der Waals surface area (Å²) in [6.07, 6.45) is 7.48. The zero-order valence-electron chi connectivity index (χ0n) is 19.3. The summed E-state index contributed by atoms with van der Waals surface area (Å²) in [5, 5.41) is 0. The van der Waals surface area contributed by atoms with Crippen LogP contribution in [0.25, 0.3) is 0 Å². The second-order valence-corrected chi connectivity index (χ2v) is 9.70. The molecule has 2 N–H and O–H groups in total. The summed E-state index contributed by atoms with van der Waals surface area (Å²) in [4.78, 5) is 32.5. The van der Waals surface area contributed by atoms with Gasteiger partial charge in [0, 0.05) is 62.1 Å². The first kappa shape index (κ1) is 22.0. The van der Waals surface area contributed by atoms with Gasteiger partial charge in [0.25, 0.3) is 11.8 Å². The predicted octanol–water partition coefficient (Wildman–Crippen LogP) is 3.56. The summed E-state index contributed by atoms with van der Waals surface area (Å²) in [6, 6.07) is 13.8. The lowest BCUT2D eigenvalue weighted by molar-refractivity contribution is 0.0522. The van der Waals surface area contributed by atoms with Crippen LogP contribution in [0.4, 0.5) is 5.69 Å². The second-order valence-electron chi connectivity index (χ2n) is 9.70. The first-order valence-electron chi connectivity index (χ1n) is 12.4. The molecule has 2 aromatic rings. The van der Waals surface area contributed by atoms with Crippen LogP contribution in [0.5, 0.6) is 0 Å². The van der Waals surface area contributed by atoms with Crippen LogP contribution >= 0.6 is 0 Å². The van der Waals surface area contributed by atoms with E-state index < -0.39 is 0 Å². The van der Waals surface area contributed by atoms with E-state index in [0.717, 1.165) is 49.8 Å². The number of carbonyl (C=O) groups is 2. The highest BCUT2D eigenvalue weighted by atomic mass is 16.2. The Bertz CT molecular complexity index is 1010. The van der Waals surface area contributed by atoms with Crippen molar-refractivity contribution in [2.45, 2.75) is 51.1 Å². The number of rotatable bonds is 3. The molecule has 0 unspecified atom stereocenters. The van der Waals surface area contributed by atoms with Crippen LogP contribution in [0.1, 0.15) is 63.9 Å². The van der Waals surface area contributed by atoms with Crippen molar-refractivity contribution in [2.24, 2.45) is 0 Å². The zero-order chi connectivity index (χ0) is 22.8. The molecule has 6 heteroatoms. The number of piperazine rings is 1. The molecule has 33 heavy (non-hydrogen) atoms. The Morgan fingerprint density at radius 1 is 0.727 bits per heavy atom. The van der Waals surface area contributed by atoms with Crippen molar-refractivity contribution in [3.05, 3.63) is 64.7 Å². The molecule has 0 spiro atoms. The van der Waals surface area contributed by atoms with E-state index in [-0.39, 0.29) is 11.8 Å². The molecule has 1 saturated heterocycles. The van der Waals surface area contributed by atoms with Gasteiger partial charge < -0.3 is 15.5 Å². The van der Waals surface area contributed by atoms with Gasteiger partial charge in [-0.15, -0.1) is 0 Å². The molecule has 2 fully saturated rings. The summed E-state index contributed by atoms with van der Waals surface area (Å²) in [7, 11) is 0. The number of hydrogen-bond donors (Lipinski definition) is 1. The van der Waals surface area contributed by atoms with E-state index in [1.54, 1.807) is 24.3 Å². The Labute approximate surface area is 196 Å². The maximum absolute atomic E-state index is 13.2. The SMILES string of the molecule is Nc1ccc(C(=O)N2CCc3cc(C(=O)N4CCN(C5CCCCC5)CC4)ccc3C2)cc1. The number of nitrogen functional groups attached to an aromatic ring is 1. The molecular formula is C27H34N4O2. The third-order valence-corrected chi connectivity index (χ3v) is 7.60. The first-order chi connectivity index (χ1) is 16.1. The molecule has 2 amide bonds. The molecule has 1 aliphatic carbocycles. The van der Waals surface area contributed by atoms with Crippen molar-refractivity contribution in [1.29, 1.82) is 0 Å². The lowest BCUT2D eigenvalue weighted by Gasteiger charge is -2.40. The molecule has 5 rings (SSSR count). The van der Waals surface area contributed by atoms with Crippen LogP contribution in [0.2, 0.25) is 0 Å². The summed E-state index contributed by atoms with van der Waals surface area (Å²) in [6.45, 7) is 4.85. The highest BCUT2D eigenvalue weighted by molar-refractivity contribution is 5.95. The standard InChI is InChI=1S/C27H34N4O2/c28-24-10-8-20(9-11-24)26(32)31-13-12-21-18-22(6-7-23(21)19-31)27(33)30-16-14-29(15-17-30)25-4-2-1-3-5-25/h6-11,18,25H,1-5,12-17,19,28H2. The zero-order valence-corrected chi connectivity index (χ0v) is 19.3. The lowest BCUT2D eigenvalue weighted by atomic mass is 9.93. The van der Waals surface area contributed by atoms with Gasteiger partial charge in [-0.3, -0.25) is 14.5 Å². The number of carbonyl (C=O) groups excluding carboxylic acids is 2.